The molecule has 0 bridgehead atoms. The number of nitrogens with zero attached hydrogens (tertiary/aromatic N) is 1. The van der Waals surface area contributed by atoms with E-state index in [0.29, 0.717) is 49.0 Å². The summed E-state index contributed by atoms with van der Waals surface area (Å²) in [6.07, 6.45) is 6.07. The number of hydrogen-bond donors (Lipinski definition) is 3. The van der Waals surface area contributed by atoms with Gasteiger partial charge in [-0.2, -0.15) is 0 Å². The molecule has 1 aromatic carbocycles. The molecule has 0 radical (unpaired) electrons. The number of aliphatic hydroxyl groups excluding tert-OH is 1. The summed E-state index contributed by atoms with van der Waals surface area (Å²) >= 11 is 0. The number of nitrogens with two attached hydrogens (primary N) is 1. The van der Waals surface area contributed by atoms with E-state index < -0.39 is 23.3 Å². The predicted octanol–water partition coefficient (Wildman–Crippen LogP) is 3.97. The molecular weight excluding hydrogens is 494 g/mol. The molecule has 3 rings (SSSR count). The Morgan fingerprint density at radius 3 is 2.49 bits per heavy atom. The number of hydrogen-bond acceptors (Lipinski definition) is 6. The highest BCUT2D eigenvalue weighted by atomic mass is 16.7. The van der Waals surface area contributed by atoms with Gasteiger partial charge >= 0.3 is 0 Å². The van der Waals surface area contributed by atoms with Crippen LogP contribution < -0.4 is 20.5 Å². The highest BCUT2D eigenvalue weighted by molar-refractivity contribution is 5.97. The van der Waals surface area contributed by atoms with E-state index >= 15 is 0 Å². The molecule has 0 saturated heterocycles. The van der Waals surface area contributed by atoms with E-state index in [1.54, 1.807) is 0 Å². The van der Waals surface area contributed by atoms with Crippen LogP contribution in [0.1, 0.15) is 65.9 Å². The van der Waals surface area contributed by atoms with Gasteiger partial charge in [-0.3, -0.25) is 9.59 Å². The van der Waals surface area contributed by atoms with Gasteiger partial charge in [0.25, 0.3) is 0 Å². The maximum atomic E-state index is 13.7. The van der Waals surface area contributed by atoms with Crippen molar-refractivity contribution in [3.8, 4) is 11.5 Å². The number of amides is 2. The van der Waals surface area contributed by atoms with Crippen molar-refractivity contribution in [3.63, 3.8) is 0 Å². The number of allylic oxidation sites excluding steroid dienone is 2. The third-order valence-electron chi connectivity index (χ3n) is 7.65. The smallest absolute Gasteiger partial charge is 0.249 e. The molecule has 0 spiro atoms. The lowest BCUT2D eigenvalue weighted by Gasteiger charge is -2.42. The van der Waals surface area contributed by atoms with Gasteiger partial charge in [-0.25, -0.2) is 0 Å². The van der Waals surface area contributed by atoms with Gasteiger partial charge < -0.3 is 30.5 Å². The Labute approximate surface area is 233 Å². The molecule has 4 N–H and O–H groups in total. The van der Waals surface area contributed by atoms with Gasteiger partial charge in [0, 0.05) is 31.1 Å². The van der Waals surface area contributed by atoms with E-state index in [1.807, 2.05) is 56.0 Å². The number of primary amides is 1. The molecule has 1 aliphatic heterocycles. The number of rotatable bonds is 15. The molecule has 8 nitrogen and oxygen atoms in total. The Kier molecular flexibility index (Phi) is 11.0. The largest absolute Gasteiger partial charge is 0.454 e. The van der Waals surface area contributed by atoms with Crippen molar-refractivity contribution in [1.82, 2.24) is 10.2 Å². The first-order chi connectivity index (χ1) is 18.6. The number of aliphatic hydroxyl groups is 1. The Morgan fingerprint density at radius 1 is 1.15 bits per heavy atom. The van der Waals surface area contributed by atoms with E-state index in [0.717, 1.165) is 36.9 Å². The maximum Gasteiger partial charge on any atom is 0.249 e. The Balaban J connectivity index is 1.97. The quantitative estimate of drug-likeness (QED) is 0.290. The fraction of sp³-hybridized carbons (Fsp3) is 0.613. The van der Waals surface area contributed by atoms with Crippen LogP contribution in [0.15, 0.2) is 41.5 Å². The second-order valence-electron chi connectivity index (χ2n) is 11.4. The minimum Gasteiger partial charge on any atom is -0.454 e. The third kappa shape index (κ3) is 7.63. The zero-order valence-corrected chi connectivity index (χ0v) is 24.3. The SMILES string of the molecule is CCCN(CCC)C(=O)C1=CC(C)=CC(C(N)=O)([C@H](Cc2ccc3c(c2)OCO3)[C@@H](O)CNCCC(C)C)C1. The van der Waals surface area contributed by atoms with Gasteiger partial charge in [0.2, 0.25) is 18.6 Å². The lowest BCUT2D eigenvalue weighted by molar-refractivity contribution is -0.132. The van der Waals surface area contributed by atoms with Crippen molar-refractivity contribution >= 4 is 11.8 Å². The van der Waals surface area contributed by atoms with Crippen LogP contribution in [-0.2, 0) is 16.0 Å². The van der Waals surface area contributed by atoms with E-state index in [4.69, 9.17) is 15.2 Å². The average molecular weight is 542 g/mol. The third-order valence-corrected chi connectivity index (χ3v) is 7.65. The van der Waals surface area contributed by atoms with Gasteiger partial charge in [0.15, 0.2) is 11.5 Å². The average Bonchev–Trinajstić information content (AvgIpc) is 3.36. The molecule has 1 unspecified atom stereocenters. The molecule has 3 atom stereocenters. The molecule has 1 aliphatic carbocycles. The van der Waals surface area contributed by atoms with Crippen LogP contribution in [0.25, 0.3) is 0 Å². The molecule has 1 heterocycles. The first kappa shape index (κ1) is 30.7. The maximum absolute atomic E-state index is 13.7. The first-order valence-corrected chi connectivity index (χ1v) is 14.4. The monoisotopic (exact) mass is 541 g/mol. The molecule has 0 fully saturated rings. The lowest BCUT2D eigenvalue weighted by atomic mass is 9.63. The normalized spacial score (nSPS) is 19.9. The molecule has 216 valence electrons. The van der Waals surface area contributed by atoms with Gasteiger partial charge in [-0.15, -0.1) is 0 Å². The van der Waals surface area contributed by atoms with Crippen molar-refractivity contribution in [1.29, 1.82) is 0 Å². The Hall–Kier alpha value is -2.84. The van der Waals surface area contributed by atoms with E-state index in [1.165, 1.54) is 0 Å². The molecule has 39 heavy (non-hydrogen) atoms. The topological polar surface area (TPSA) is 114 Å². The lowest BCUT2D eigenvalue weighted by Crippen LogP contribution is -2.52. The summed E-state index contributed by atoms with van der Waals surface area (Å²) in [5.74, 6) is 0.678. The Bertz CT molecular complexity index is 1060. The number of benzene rings is 1. The first-order valence-electron chi connectivity index (χ1n) is 14.4. The van der Waals surface area contributed by atoms with Gasteiger partial charge in [0.1, 0.15) is 0 Å². The van der Waals surface area contributed by atoms with Gasteiger partial charge in [-0.1, -0.05) is 51.5 Å². The van der Waals surface area contributed by atoms with Crippen LogP contribution in [0.4, 0.5) is 0 Å². The van der Waals surface area contributed by atoms with E-state index in [2.05, 4.69) is 19.2 Å². The fourth-order valence-corrected chi connectivity index (χ4v) is 5.68. The van der Waals surface area contributed by atoms with Crippen LogP contribution in [0.3, 0.4) is 0 Å². The summed E-state index contributed by atoms with van der Waals surface area (Å²) in [4.78, 5) is 28.9. The Morgan fingerprint density at radius 2 is 1.85 bits per heavy atom. The predicted molar refractivity (Wildman–Crippen MR) is 153 cm³/mol. The van der Waals surface area contributed by atoms with Crippen molar-refractivity contribution in [2.45, 2.75) is 72.8 Å². The van der Waals surface area contributed by atoms with Gasteiger partial charge in [0.05, 0.1) is 11.5 Å². The van der Waals surface area contributed by atoms with Crippen molar-refractivity contribution in [2.75, 3.05) is 33.0 Å². The molecular formula is C31H47N3O5. The number of carbonyl (C=O) groups is 2. The molecule has 1 aromatic rings. The summed E-state index contributed by atoms with van der Waals surface area (Å²) in [5, 5.41) is 15.0. The van der Waals surface area contributed by atoms with E-state index in [9.17, 15) is 14.7 Å². The molecule has 2 aliphatic rings. The van der Waals surface area contributed by atoms with Crippen molar-refractivity contribution < 1.29 is 24.2 Å². The standard InChI is InChI=1S/C31H47N3O5/c1-6-12-34(13-7-2)29(36)24-14-22(5)17-31(18-24,30(32)37)25(26(35)19-33-11-10-21(3)4)15-23-8-9-27-28(16-23)39-20-38-27/h8-9,14,16-17,21,25-26,33,35H,6-7,10-13,15,18-20H2,1-5H3,(H2,32,37)/t25-,26+,31?/m1/s1. The highest BCUT2D eigenvalue weighted by Crippen LogP contribution is 2.45. The summed E-state index contributed by atoms with van der Waals surface area (Å²) < 4.78 is 11.0. The minimum atomic E-state index is -1.23. The summed E-state index contributed by atoms with van der Waals surface area (Å²) in [6, 6.07) is 5.68. The molecule has 0 aromatic heterocycles. The summed E-state index contributed by atoms with van der Waals surface area (Å²) in [7, 11) is 0. The zero-order valence-electron chi connectivity index (χ0n) is 24.3. The number of ether oxygens (including phenoxy) is 2. The number of carbonyl (C=O) groups excluding carboxylic acids is 2. The summed E-state index contributed by atoms with van der Waals surface area (Å²) in [6.45, 7) is 12.8. The van der Waals surface area contributed by atoms with Gasteiger partial charge in [-0.05, 0) is 69.2 Å². The fourth-order valence-electron chi connectivity index (χ4n) is 5.68. The van der Waals surface area contributed by atoms with Crippen molar-refractivity contribution in [3.05, 3.63) is 47.1 Å². The molecule has 8 heteroatoms. The summed E-state index contributed by atoms with van der Waals surface area (Å²) in [5.41, 5.74) is 7.21. The van der Waals surface area contributed by atoms with Crippen LogP contribution in [0, 0.1) is 17.3 Å². The van der Waals surface area contributed by atoms with Crippen LogP contribution in [-0.4, -0.2) is 60.9 Å². The van der Waals surface area contributed by atoms with Crippen LogP contribution in [0.2, 0.25) is 0 Å². The zero-order chi connectivity index (χ0) is 28.6. The van der Waals surface area contributed by atoms with Crippen LogP contribution in [0.5, 0.6) is 11.5 Å². The number of fused-ring (bicyclic) bond motifs is 1. The second-order valence-corrected chi connectivity index (χ2v) is 11.4. The minimum absolute atomic E-state index is 0.0665. The molecule has 0 saturated carbocycles. The highest BCUT2D eigenvalue weighted by Gasteiger charge is 2.48. The van der Waals surface area contributed by atoms with Crippen molar-refractivity contribution in [2.24, 2.45) is 23.0 Å². The number of nitrogens with one attached hydrogen (secondary N) is 1. The van der Waals surface area contributed by atoms with Crippen LogP contribution >= 0.6 is 0 Å². The molecule has 2 amide bonds. The van der Waals surface area contributed by atoms with E-state index in [-0.39, 0.29) is 19.1 Å². The second kappa shape index (κ2) is 14.0.